The fraction of sp³-hybridized carbons (Fsp3) is 0.115. The highest BCUT2D eigenvalue weighted by Gasteiger charge is 2.18. The van der Waals surface area contributed by atoms with E-state index in [-0.39, 0.29) is 11.7 Å². The summed E-state index contributed by atoms with van der Waals surface area (Å²) < 4.78 is 0. The van der Waals surface area contributed by atoms with E-state index < -0.39 is 0 Å². The molecule has 0 radical (unpaired) electrons. The summed E-state index contributed by atoms with van der Waals surface area (Å²) in [6, 6.07) is 34.9. The minimum atomic E-state index is 0.157. The maximum atomic E-state index is 12.9. The van der Waals surface area contributed by atoms with Crippen molar-refractivity contribution >= 4 is 16.6 Å². The van der Waals surface area contributed by atoms with Gasteiger partial charge in [0.2, 0.25) is 0 Å². The van der Waals surface area contributed by atoms with E-state index in [4.69, 9.17) is 0 Å². The summed E-state index contributed by atoms with van der Waals surface area (Å²) in [5.41, 5.74) is 3.30. The molecule has 4 aromatic carbocycles. The highest BCUT2D eigenvalue weighted by atomic mass is 16.1. The molecule has 0 amide bonds. The van der Waals surface area contributed by atoms with E-state index >= 15 is 0 Å². The SMILES string of the molecule is O=C(C[C@H](Cc1cccc2ccccc12)c1ccccc1)c1ccccc1. The smallest absolute Gasteiger partial charge is 0.163 e. The molecule has 0 aliphatic heterocycles. The molecule has 1 heteroatoms. The van der Waals surface area contributed by atoms with Gasteiger partial charge in [0, 0.05) is 12.0 Å². The number of ketones is 1. The van der Waals surface area contributed by atoms with E-state index in [1.807, 2.05) is 36.4 Å². The van der Waals surface area contributed by atoms with Crippen LogP contribution in [0.15, 0.2) is 103 Å². The average molecular weight is 350 g/mol. The van der Waals surface area contributed by atoms with Crippen LogP contribution in [0.4, 0.5) is 0 Å². The molecule has 132 valence electrons. The first-order chi connectivity index (χ1) is 13.3. The van der Waals surface area contributed by atoms with Crippen LogP contribution >= 0.6 is 0 Å². The summed E-state index contributed by atoms with van der Waals surface area (Å²) in [6.07, 6.45) is 1.36. The van der Waals surface area contributed by atoms with Crippen molar-refractivity contribution < 1.29 is 4.79 Å². The van der Waals surface area contributed by atoms with Crippen LogP contribution < -0.4 is 0 Å². The molecule has 0 unspecified atom stereocenters. The van der Waals surface area contributed by atoms with E-state index in [1.54, 1.807) is 0 Å². The molecule has 27 heavy (non-hydrogen) atoms. The lowest BCUT2D eigenvalue weighted by atomic mass is 9.85. The molecule has 0 aliphatic carbocycles. The topological polar surface area (TPSA) is 17.1 Å². The van der Waals surface area contributed by atoms with E-state index in [9.17, 15) is 4.79 Å². The Bertz CT molecular complexity index is 1030. The van der Waals surface area contributed by atoms with Crippen LogP contribution in [0.25, 0.3) is 10.8 Å². The maximum absolute atomic E-state index is 12.9. The molecule has 0 aliphatic rings. The van der Waals surface area contributed by atoms with Gasteiger partial charge >= 0.3 is 0 Å². The molecule has 4 aromatic rings. The van der Waals surface area contributed by atoms with Gasteiger partial charge in [-0.15, -0.1) is 0 Å². The van der Waals surface area contributed by atoms with Crippen molar-refractivity contribution in [3.63, 3.8) is 0 Å². The third kappa shape index (κ3) is 3.98. The molecule has 0 saturated heterocycles. The second kappa shape index (κ2) is 8.01. The van der Waals surface area contributed by atoms with Gasteiger partial charge in [-0.05, 0) is 34.2 Å². The Balaban J connectivity index is 1.67. The standard InChI is InChI=1S/C26H22O/c27-26(22-13-5-2-6-14-22)19-24(20-10-3-1-4-11-20)18-23-16-9-15-21-12-7-8-17-25(21)23/h1-17,24H,18-19H2/t24-/m0/s1. The summed E-state index contributed by atoms with van der Waals surface area (Å²) in [6.45, 7) is 0. The Labute approximate surface area is 160 Å². The number of carbonyl (C=O) groups excluding carboxylic acids is 1. The second-order valence-electron chi connectivity index (χ2n) is 6.94. The molecule has 0 aromatic heterocycles. The van der Waals surface area contributed by atoms with E-state index in [0.717, 1.165) is 12.0 Å². The lowest BCUT2D eigenvalue weighted by Crippen LogP contribution is -2.10. The zero-order valence-corrected chi connectivity index (χ0v) is 15.2. The summed E-state index contributed by atoms with van der Waals surface area (Å²) >= 11 is 0. The zero-order valence-electron chi connectivity index (χ0n) is 15.2. The van der Waals surface area contributed by atoms with Gasteiger partial charge in [-0.3, -0.25) is 4.79 Å². The molecule has 4 rings (SSSR count). The predicted molar refractivity (Wildman–Crippen MR) is 112 cm³/mol. The lowest BCUT2D eigenvalue weighted by molar-refractivity contribution is 0.0973. The van der Waals surface area contributed by atoms with E-state index in [1.165, 1.54) is 21.9 Å². The van der Waals surface area contributed by atoms with Gasteiger partial charge in [0.15, 0.2) is 5.78 Å². The molecular formula is C26H22O. The fourth-order valence-electron chi connectivity index (χ4n) is 3.73. The maximum Gasteiger partial charge on any atom is 0.163 e. The molecular weight excluding hydrogens is 328 g/mol. The zero-order chi connectivity index (χ0) is 18.5. The van der Waals surface area contributed by atoms with Crippen LogP contribution in [0.2, 0.25) is 0 Å². The van der Waals surface area contributed by atoms with Crippen LogP contribution in [0, 0.1) is 0 Å². The van der Waals surface area contributed by atoms with Crippen molar-refractivity contribution in [2.24, 2.45) is 0 Å². The van der Waals surface area contributed by atoms with Crippen LogP contribution in [0.5, 0.6) is 0 Å². The molecule has 0 heterocycles. The Morgan fingerprint density at radius 2 is 1.30 bits per heavy atom. The monoisotopic (exact) mass is 350 g/mol. The number of rotatable bonds is 6. The Kier molecular flexibility index (Phi) is 5.11. The van der Waals surface area contributed by atoms with Crippen molar-refractivity contribution in [3.8, 4) is 0 Å². The van der Waals surface area contributed by atoms with Crippen LogP contribution in [-0.4, -0.2) is 5.78 Å². The predicted octanol–water partition coefficient (Wildman–Crippen LogP) is 6.44. The van der Waals surface area contributed by atoms with Gasteiger partial charge in [-0.1, -0.05) is 103 Å². The third-order valence-corrected chi connectivity index (χ3v) is 5.14. The second-order valence-corrected chi connectivity index (χ2v) is 6.94. The first kappa shape index (κ1) is 17.2. The Morgan fingerprint density at radius 3 is 2.07 bits per heavy atom. The molecule has 0 N–H and O–H groups in total. The summed E-state index contributed by atoms with van der Waals surface area (Å²) in [7, 11) is 0. The first-order valence-electron chi connectivity index (χ1n) is 9.41. The van der Waals surface area contributed by atoms with Gasteiger partial charge in [-0.2, -0.15) is 0 Å². The van der Waals surface area contributed by atoms with Crippen LogP contribution in [-0.2, 0) is 6.42 Å². The van der Waals surface area contributed by atoms with Gasteiger partial charge in [0.05, 0.1) is 0 Å². The lowest BCUT2D eigenvalue weighted by Gasteiger charge is -2.18. The number of benzene rings is 4. The van der Waals surface area contributed by atoms with Crippen molar-refractivity contribution in [3.05, 3.63) is 120 Å². The Hall–Kier alpha value is -3.19. The van der Waals surface area contributed by atoms with Crippen molar-refractivity contribution in [2.45, 2.75) is 18.8 Å². The van der Waals surface area contributed by atoms with Gasteiger partial charge in [0.25, 0.3) is 0 Å². The van der Waals surface area contributed by atoms with Gasteiger partial charge in [0.1, 0.15) is 0 Å². The normalized spacial score (nSPS) is 12.0. The molecule has 0 spiro atoms. The van der Waals surface area contributed by atoms with Gasteiger partial charge < -0.3 is 0 Å². The number of hydrogen-bond acceptors (Lipinski definition) is 1. The summed E-state index contributed by atoms with van der Waals surface area (Å²) in [4.78, 5) is 12.9. The fourth-order valence-corrected chi connectivity index (χ4v) is 3.73. The molecule has 1 atom stereocenters. The Morgan fingerprint density at radius 1 is 0.667 bits per heavy atom. The first-order valence-corrected chi connectivity index (χ1v) is 9.41. The number of fused-ring (bicyclic) bond motifs is 1. The summed E-state index contributed by atoms with van der Waals surface area (Å²) in [5.74, 6) is 0.356. The number of hydrogen-bond donors (Lipinski definition) is 0. The summed E-state index contributed by atoms with van der Waals surface area (Å²) in [5, 5.41) is 2.52. The number of carbonyl (C=O) groups is 1. The molecule has 0 saturated carbocycles. The minimum absolute atomic E-state index is 0.157. The van der Waals surface area contributed by atoms with E-state index in [0.29, 0.717) is 6.42 Å². The highest BCUT2D eigenvalue weighted by Crippen LogP contribution is 2.29. The minimum Gasteiger partial charge on any atom is -0.294 e. The molecule has 0 fully saturated rings. The van der Waals surface area contributed by atoms with Crippen molar-refractivity contribution in [2.75, 3.05) is 0 Å². The quantitative estimate of drug-likeness (QED) is 0.366. The van der Waals surface area contributed by atoms with E-state index in [2.05, 4.69) is 66.7 Å². The van der Waals surface area contributed by atoms with Gasteiger partial charge in [-0.25, -0.2) is 0 Å². The average Bonchev–Trinajstić information content (AvgIpc) is 2.74. The van der Waals surface area contributed by atoms with Crippen LogP contribution in [0.3, 0.4) is 0 Å². The largest absolute Gasteiger partial charge is 0.294 e. The number of Topliss-reactive ketones (excluding diaryl/α,β-unsaturated/α-hetero) is 1. The highest BCUT2D eigenvalue weighted by molar-refractivity contribution is 5.96. The third-order valence-electron chi connectivity index (χ3n) is 5.14. The van der Waals surface area contributed by atoms with Crippen molar-refractivity contribution in [1.29, 1.82) is 0 Å². The molecule has 0 bridgehead atoms. The van der Waals surface area contributed by atoms with Crippen LogP contribution in [0.1, 0.15) is 33.8 Å². The molecule has 1 nitrogen and oxygen atoms in total. The van der Waals surface area contributed by atoms with Crippen molar-refractivity contribution in [1.82, 2.24) is 0 Å².